The van der Waals surface area contributed by atoms with Crippen LogP contribution in [-0.4, -0.2) is 110 Å². The van der Waals surface area contributed by atoms with E-state index in [9.17, 15) is 9.90 Å². The minimum absolute atomic E-state index is 0.0126. The topological polar surface area (TPSA) is 120 Å². The van der Waals surface area contributed by atoms with Crippen LogP contribution in [0.4, 0.5) is 0 Å². The van der Waals surface area contributed by atoms with Crippen LogP contribution in [0.2, 0.25) is 18.1 Å². The minimum atomic E-state index is -2.02. The summed E-state index contributed by atoms with van der Waals surface area (Å²) in [7, 11) is 2.91. The summed E-state index contributed by atoms with van der Waals surface area (Å²) in [6.07, 6.45) is 24.8. The molecule has 0 aromatic heterocycles. The third-order valence-corrected chi connectivity index (χ3v) is 17.2. The Hall–Kier alpha value is -0.673. The van der Waals surface area contributed by atoms with Gasteiger partial charge < -0.3 is 47.4 Å². The number of unbranched alkanes of at least 4 members (excludes halogenated alkanes) is 14. The van der Waals surface area contributed by atoms with Gasteiger partial charge in [-0.15, -0.1) is 0 Å². The van der Waals surface area contributed by atoms with Crippen LogP contribution in [-0.2, 0) is 47.1 Å². The number of hydrogen-bond donors (Lipinski definition) is 1. The maximum atomic E-state index is 11.7. The van der Waals surface area contributed by atoms with Crippen molar-refractivity contribution in [3.05, 3.63) is 0 Å². The van der Waals surface area contributed by atoms with Crippen molar-refractivity contribution in [3.8, 4) is 0 Å². The van der Waals surface area contributed by atoms with Gasteiger partial charge in [-0.1, -0.05) is 124 Å². The predicted octanol–water partition coefficient (Wildman–Crippen LogP) is 11.8. The number of hydrogen-bond acceptors (Lipinski definition) is 11. The molecule has 358 valence electrons. The lowest BCUT2D eigenvalue weighted by atomic mass is 9.96. The normalized spacial score (nSPS) is 18.7. The van der Waals surface area contributed by atoms with Crippen molar-refractivity contribution in [2.75, 3.05) is 48.3 Å². The third-order valence-electron chi connectivity index (χ3n) is 12.6. The summed E-state index contributed by atoms with van der Waals surface area (Å²) >= 11 is 0. The Morgan fingerprint density at radius 3 is 1.63 bits per heavy atom. The number of methoxy groups -OCH3 is 3. The van der Waals surface area contributed by atoms with E-state index in [1.165, 1.54) is 70.6 Å². The number of carbonyl (C=O) groups is 1. The van der Waals surface area contributed by atoms with Gasteiger partial charge in [-0.2, -0.15) is 0 Å². The van der Waals surface area contributed by atoms with Crippen molar-refractivity contribution in [3.63, 3.8) is 0 Å². The molecule has 0 amide bonds. The zero-order valence-corrected chi connectivity index (χ0v) is 41.6. The molecular formula is C48H96O11Si. The Morgan fingerprint density at radius 1 is 0.633 bits per heavy atom. The van der Waals surface area contributed by atoms with E-state index >= 15 is 0 Å². The first-order chi connectivity index (χ1) is 28.8. The third kappa shape index (κ3) is 26.8. The second-order valence-corrected chi connectivity index (χ2v) is 23.5. The molecule has 0 unspecified atom stereocenters. The molecule has 0 aliphatic carbocycles. The van der Waals surface area contributed by atoms with Gasteiger partial charge in [-0.3, -0.25) is 4.79 Å². The minimum Gasteiger partial charge on any atom is -0.466 e. The van der Waals surface area contributed by atoms with Crippen LogP contribution in [0.1, 0.15) is 195 Å². The van der Waals surface area contributed by atoms with E-state index in [4.69, 9.17) is 42.3 Å². The second-order valence-electron chi connectivity index (χ2n) is 18.8. The quantitative estimate of drug-likeness (QED) is 0.0273. The first kappa shape index (κ1) is 57.3. The Bertz CT molecular complexity index is 996. The van der Waals surface area contributed by atoms with Crippen molar-refractivity contribution >= 4 is 14.3 Å². The fourth-order valence-electron chi connectivity index (χ4n) is 7.98. The number of aliphatic hydroxyl groups excluding tert-OH is 1. The highest BCUT2D eigenvalue weighted by Gasteiger charge is 2.40. The lowest BCUT2D eigenvalue weighted by Gasteiger charge is -2.39. The molecule has 0 radical (unpaired) electrons. The predicted molar refractivity (Wildman–Crippen MR) is 245 cm³/mol. The largest absolute Gasteiger partial charge is 0.466 e. The van der Waals surface area contributed by atoms with Crippen LogP contribution in [0.5, 0.6) is 0 Å². The molecule has 1 heterocycles. The molecule has 0 spiro atoms. The van der Waals surface area contributed by atoms with E-state index in [2.05, 4.69) is 40.8 Å². The average molecular weight is 877 g/mol. The molecular weight excluding hydrogens is 781 g/mol. The van der Waals surface area contributed by atoms with Gasteiger partial charge in [0, 0.05) is 33.9 Å². The number of esters is 1. The second kappa shape index (κ2) is 35.6. The van der Waals surface area contributed by atoms with Crippen LogP contribution in [0.25, 0.3) is 0 Å². The van der Waals surface area contributed by atoms with Crippen molar-refractivity contribution < 1.29 is 52.2 Å². The van der Waals surface area contributed by atoms with E-state index in [1.807, 2.05) is 6.92 Å². The maximum Gasteiger partial charge on any atom is 0.305 e. The lowest BCUT2D eigenvalue weighted by molar-refractivity contribution is -0.164. The monoisotopic (exact) mass is 877 g/mol. The lowest BCUT2D eigenvalue weighted by Crippen LogP contribution is -2.44. The van der Waals surface area contributed by atoms with Crippen molar-refractivity contribution in [2.24, 2.45) is 0 Å². The van der Waals surface area contributed by atoms with Gasteiger partial charge in [0.05, 0.1) is 43.2 Å². The Balaban J connectivity index is 2.79. The van der Waals surface area contributed by atoms with Gasteiger partial charge in [0.1, 0.15) is 20.4 Å². The van der Waals surface area contributed by atoms with Gasteiger partial charge in [0.2, 0.25) is 0 Å². The molecule has 1 aliphatic heterocycles. The summed E-state index contributed by atoms with van der Waals surface area (Å²) < 4.78 is 53.3. The molecule has 7 atom stereocenters. The molecule has 0 bridgehead atoms. The Kier molecular flexibility index (Phi) is 34.1. The Labute approximate surface area is 369 Å². The standard InChI is InChI=1S/C48H96O11Si/c1-11-13-14-15-16-20-23-26-29-43(56-38-52-7)45-35-36-46(58-45)44(57-39-53-8)34-33-42(55-37-51-6)41(49)32-31-40(59-60(9,10)48(3,4)5)28-25-22-19-17-18-21-24-27-30-47(50)54-12-2/h40-46,49H,11-39H2,1-10H3/t40-,41-,42+,43+,44-,45-,46-/m1/s1. The molecule has 60 heavy (non-hydrogen) atoms. The first-order valence-electron chi connectivity index (χ1n) is 24.3. The highest BCUT2D eigenvalue weighted by molar-refractivity contribution is 6.74. The van der Waals surface area contributed by atoms with Crippen LogP contribution < -0.4 is 0 Å². The smallest absolute Gasteiger partial charge is 0.305 e. The van der Waals surface area contributed by atoms with E-state index in [-0.39, 0.29) is 61.9 Å². The molecule has 1 fully saturated rings. The molecule has 1 N–H and O–H groups in total. The van der Waals surface area contributed by atoms with Gasteiger partial charge >= 0.3 is 5.97 Å². The fourth-order valence-corrected chi connectivity index (χ4v) is 9.41. The van der Waals surface area contributed by atoms with Gasteiger partial charge in [0.15, 0.2) is 8.32 Å². The Morgan fingerprint density at radius 2 is 1.12 bits per heavy atom. The number of aliphatic hydroxyl groups is 1. The highest BCUT2D eigenvalue weighted by Crippen LogP contribution is 2.39. The molecule has 0 saturated carbocycles. The molecule has 12 heteroatoms. The zero-order chi connectivity index (χ0) is 44.5. The maximum absolute atomic E-state index is 11.7. The summed E-state index contributed by atoms with van der Waals surface area (Å²) in [4.78, 5) is 11.6. The van der Waals surface area contributed by atoms with Crippen LogP contribution in [0.15, 0.2) is 0 Å². The molecule has 0 aromatic rings. The summed E-state index contributed by atoms with van der Waals surface area (Å²) in [5.41, 5.74) is 0. The van der Waals surface area contributed by atoms with Gasteiger partial charge in [-0.05, 0) is 82.8 Å². The van der Waals surface area contributed by atoms with Gasteiger partial charge in [-0.25, -0.2) is 0 Å². The number of carbonyl (C=O) groups excluding carboxylic acids is 1. The SMILES string of the molecule is CCCCCCCCCC[C@H](OCOC)[C@H]1CC[C@H]([C@@H](CC[C@H](OCOC)[C@H](O)CC[C@@H](CCCCCCCCCCC(=O)OCC)O[Si](C)(C)C(C)(C)C)OCOC)O1. The van der Waals surface area contributed by atoms with Crippen LogP contribution in [0, 0.1) is 0 Å². The fraction of sp³-hybridized carbons (Fsp3) is 0.979. The molecule has 1 rings (SSSR count). The zero-order valence-electron chi connectivity index (χ0n) is 40.6. The van der Waals surface area contributed by atoms with Gasteiger partial charge in [0.25, 0.3) is 0 Å². The number of rotatable bonds is 41. The molecule has 0 aromatic carbocycles. The van der Waals surface area contributed by atoms with Crippen molar-refractivity contribution in [1.29, 1.82) is 0 Å². The summed E-state index contributed by atoms with van der Waals surface area (Å²) in [5.74, 6) is -0.0793. The summed E-state index contributed by atoms with van der Waals surface area (Å²) in [5, 5.41) is 11.8. The molecule has 11 nitrogen and oxygen atoms in total. The van der Waals surface area contributed by atoms with E-state index in [0.29, 0.717) is 32.3 Å². The van der Waals surface area contributed by atoms with Crippen molar-refractivity contribution in [1.82, 2.24) is 0 Å². The van der Waals surface area contributed by atoms with E-state index in [1.54, 1.807) is 21.3 Å². The van der Waals surface area contributed by atoms with E-state index in [0.717, 1.165) is 64.2 Å². The number of ether oxygens (including phenoxy) is 8. The summed E-state index contributed by atoms with van der Waals surface area (Å²) in [6.45, 7) is 16.6. The van der Waals surface area contributed by atoms with Crippen molar-refractivity contribution in [2.45, 2.75) is 256 Å². The molecule has 1 saturated heterocycles. The summed E-state index contributed by atoms with van der Waals surface area (Å²) in [6, 6.07) is 0. The highest BCUT2D eigenvalue weighted by atomic mass is 28.4. The van der Waals surface area contributed by atoms with Crippen LogP contribution >= 0.6 is 0 Å². The average Bonchev–Trinajstić information content (AvgIpc) is 3.70. The first-order valence-corrected chi connectivity index (χ1v) is 27.2. The van der Waals surface area contributed by atoms with Crippen LogP contribution in [0.3, 0.4) is 0 Å². The molecule has 1 aliphatic rings. The van der Waals surface area contributed by atoms with E-state index < -0.39 is 20.5 Å².